The number of aliphatic hydroxyl groups is 2. The van der Waals surface area contributed by atoms with E-state index in [4.69, 9.17) is 4.74 Å². The third kappa shape index (κ3) is 9.27. The van der Waals surface area contributed by atoms with Crippen molar-refractivity contribution in [1.82, 2.24) is 10.3 Å². The summed E-state index contributed by atoms with van der Waals surface area (Å²) in [6, 6.07) is 19.4. The average Bonchev–Trinajstić information content (AvgIpc) is 2.91. The van der Waals surface area contributed by atoms with Gasteiger partial charge in [-0.1, -0.05) is 28.1 Å². The molecule has 212 valence electrons. The largest absolute Gasteiger partial charge is 0.497 e. The molecule has 3 aromatic rings. The van der Waals surface area contributed by atoms with Gasteiger partial charge in [-0.3, -0.25) is 14.5 Å². The lowest BCUT2D eigenvalue weighted by Crippen LogP contribution is -2.35. The second-order valence-electron chi connectivity index (χ2n) is 9.60. The van der Waals surface area contributed by atoms with Crippen LogP contribution < -0.4 is 15.5 Å². The Morgan fingerprint density at radius 1 is 0.950 bits per heavy atom. The van der Waals surface area contributed by atoms with Crippen LogP contribution in [0.5, 0.6) is 5.75 Å². The van der Waals surface area contributed by atoms with Crippen LogP contribution in [0, 0.1) is 0 Å². The molecule has 3 rings (SSSR count). The number of aliphatic hydroxyl groups excluding tert-OH is 2. The first kappa shape index (κ1) is 31.0. The quantitative estimate of drug-likeness (QED) is 0.178. The molecule has 40 heavy (non-hydrogen) atoms. The fourth-order valence-corrected chi connectivity index (χ4v) is 4.48. The van der Waals surface area contributed by atoms with E-state index in [0.29, 0.717) is 41.1 Å². The van der Waals surface area contributed by atoms with Gasteiger partial charge in [0.05, 0.1) is 36.3 Å². The van der Waals surface area contributed by atoms with Crippen LogP contribution in [0.1, 0.15) is 52.6 Å². The Morgan fingerprint density at radius 3 is 2.25 bits per heavy atom. The molecular formula is C30H35BrN4O5. The minimum atomic E-state index is -0.559. The highest BCUT2D eigenvalue weighted by Gasteiger charge is 2.17. The van der Waals surface area contributed by atoms with E-state index >= 15 is 0 Å². The average molecular weight is 612 g/mol. The molecule has 0 spiro atoms. The standard InChI is InChI=1S/C30H35BrN4O5/c1-19(36)16-35(17-20(2)37)18-22-6-5-7-24(14-22)29(38)32-28-13-10-25(31)15-27(28)30(39)34-33-21(3)23-8-11-26(40-4)12-9-23/h5-15,19-20,36-37H,16-18H2,1-4H3,(H,32,38)(H,34,39)/b33-21+. The number of anilines is 1. The Bertz CT molecular complexity index is 1330. The van der Waals surface area contributed by atoms with Crippen molar-refractivity contribution in [2.24, 2.45) is 5.10 Å². The number of carbonyl (C=O) groups is 2. The number of halogens is 1. The summed E-state index contributed by atoms with van der Waals surface area (Å²) in [5.74, 6) is -0.142. The topological polar surface area (TPSA) is 123 Å². The number of nitrogens with zero attached hydrogens (tertiary/aromatic N) is 2. The Labute approximate surface area is 243 Å². The zero-order chi connectivity index (χ0) is 29.2. The molecule has 2 atom stereocenters. The summed E-state index contributed by atoms with van der Waals surface area (Å²) in [5, 5.41) is 26.7. The van der Waals surface area contributed by atoms with Crippen molar-refractivity contribution in [2.75, 3.05) is 25.5 Å². The fourth-order valence-electron chi connectivity index (χ4n) is 4.12. The SMILES string of the molecule is COc1ccc(/C(C)=N/NC(=O)c2cc(Br)ccc2NC(=O)c2cccc(CN(CC(C)O)CC(C)O)c2)cc1. The monoisotopic (exact) mass is 610 g/mol. The van der Waals surface area contributed by atoms with E-state index in [1.165, 1.54) is 0 Å². The highest BCUT2D eigenvalue weighted by atomic mass is 79.9. The first-order chi connectivity index (χ1) is 19.0. The van der Waals surface area contributed by atoms with Crippen LogP contribution in [-0.2, 0) is 6.54 Å². The number of nitrogens with one attached hydrogen (secondary N) is 2. The van der Waals surface area contributed by atoms with Crippen LogP contribution in [0.15, 0.2) is 76.3 Å². The zero-order valence-corrected chi connectivity index (χ0v) is 24.6. The zero-order valence-electron chi connectivity index (χ0n) is 23.0. The molecule has 0 saturated heterocycles. The molecule has 0 aromatic heterocycles. The van der Waals surface area contributed by atoms with E-state index in [9.17, 15) is 19.8 Å². The number of hydrogen-bond donors (Lipinski definition) is 4. The van der Waals surface area contributed by atoms with E-state index < -0.39 is 18.1 Å². The summed E-state index contributed by atoms with van der Waals surface area (Å²) < 4.78 is 5.85. The molecule has 4 N–H and O–H groups in total. The van der Waals surface area contributed by atoms with Gasteiger partial charge in [-0.25, -0.2) is 5.43 Å². The van der Waals surface area contributed by atoms with Crippen molar-refractivity contribution in [3.63, 3.8) is 0 Å². The van der Waals surface area contributed by atoms with Crippen molar-refractivity contribution < 1.29 is 24.5 Å². The summed E-state index contributed by atoms with van der Waals surface area (Å²) >= 11 is 3.39. The maximum absolute atomic E-state index is 13.2. The second kappa shape index (κ2) is 14.7. The molecule has 0 aliphatic carbocycles. The molecule has 9 nitrogen and oxygen atoms in total. The lowest BCUT2D eigenvalue weighted by molar-refractivity contribution is 0.0793. The third-order valence-corrected chi connectivity index (χ3v) is 6.44. The molecule has 0 radical (unpaired) electrons. The van der Waals surface area contributed by atoms with Crippen LogP contribution >= 0.6 is 15.9 Å². The van der Waals surface area contributed by atoms with Gasteiger partial charge in [-0.15, -0.1) is 0 Å². The van der Waals surface area contributed by atoms with Gasteiger partial charge in [0.2, 0.25) is 0 Å². The smallest absolute Gasteiger partial charge is 0.273 e. The molecule has 0 fully saturated rings. The molecule has 0 bridgehead atoms. The Kier molecular flexibility index (Phi) is 11.4. The van der Waals surface area contributed by atoms with Crippen LogP contribution in [0.25, 0.3) is 0 Å². The van der Waals surface area contributed by atoms with E-state index in [-0.39, 0.29) is 11.5 Å². The van der Waals surface area contributed by atoms with Crippen LogP contribution in [-0.4, -0.2) is 65.0 Å². The fraction of sp³-hybridized carbons (Fsp3) is 0.300. The van der Waals surface area contributed by atoms with Gasteiger partial charge in [0, 0.05) is 29.7 Å². The molecule has 10 heteroatoms. The number of carbonyl (C=O) groups excluding carboxylic acids is 2. The maximum atomic E-state index is 13.2. The molecular weight excluding hydrogens is 576 g/mol. The van der Waals surface area contributed by atoms with Gasteiger partial charge in [-0.05, 0) is 86.5 Å². The van der Waals surface area contributed by atoms with Crippen LogP contribution in [0.4, 0.5) is 5.69 Å². The first-order valence-electron chi connectivity index (χ1n) is 12.8. The summed E-state index contributed by atoms with van der Waals surface area (Å²) in [5.41, 5.74) is 5.83. The predicted molar refractivity (Wildman–Crippen MR) is 160 cm³/mol. The van der Waals surface area contributed by atoms with Gasteiger partial charge >= 0.3 is 0 Å². The van der Waals surface area contributed by atoms with Crippen molar-refractivity contribution >= 4 is 39.1 Å². The molecule has 2 amide bonds. The lowest BCUT2D eigenvalue weighted by atomic mass is 10.1. The molecule has 0 saturated carbocycles. The van der Waals surface area contributed by atoms with E-state index in [0.717, 1.165) is 16.9 Å². The predicted octanol–water partition coefficient (Wildman–Crippen LogP) is 4.43. The van der Waals surface area contributed by atoms with E-state index in [1.54, 1.807) is 64.3 Å². The van der Waals surface area contributed by atoms with Crippen LogP contribution in [0.3, 0.4) is 0 Å². The van der Waals surface area contributed by atoms with Gasteiger partial charge in [0.1, 0.15) is 5.75 Å². The number of benzene rings is 3. The summed E-state index contributed by atoms with van der Waals surface area (Å²) in [7, 11) is 1.59. The van der Waals surface area contributed by atoms with Crippen molar-refractivity contribution in [3.8, 4) is 5.75 Å². The summed E-state index contributed by atoms with van der Waals surface area (Å²) in [6.45, 7) is 6.39. The number of rotatable bonds is 12. The Balaban J connectivity index is 1.75. The molecule has 3 aromatic carbocycles. The number of hydrazone groups is 1. The van der Waals surface area contributed by atoms with Gasteiger partial charge in [0.25, 0.3) is 11.8 Å². The number of amides is 2. The number of hydrogen-bond acceptors (Lipinski definition) is 7. The Hall–Kier alpha value is -3.57. The number of methoxy groups -OCH3 is 1. The first-order valence-corrected chi connectivity index (χ1v) is 13.6. The minimum Gasteiger partial charge on any atom is -0.497 e. The van der Waals surface area contributed by atoms with Crippen molar-refractivity contribution in [1.29, 1.82) is 0 Å². The second-order valence-corrected chi connectivity index (χ2v) is 10.5. The molecule has 2 unspecified atom stereocenters. The van der Waals surface area contributed by atoms with Crippen LogP contribution in [0.2, 0.25) is 0 Å². The summed E-state index contributed by atoms with van der Waals surface area (Å²) in [4.78, 5) is 28.2. The molecule has 0 heterocycles. The van der Waals surface area contributed by atoms with Crippen molar-refractivity contribution in [3.05, 3.63) is 93.5 Å². The van der Waals surface area contributed by atoms with Crippen molar-refractivity contribution in [2.45, 2.75) is 39.5 Å². The summed E-state index contributed by atoms with van der Waals surface area (Å²) in [6.07, 6.45) is -1.12. The lowest BCUT2D eigenvalue weighted by Gasteiger charge is -2.25. The maximum Gasteiger partial charge on any atom is 0.273 e. The third-order valence-electron chi connectivity index (χ3n) is 5.95. The highest BCUT2D eigenvalue weighted by molar-refractivity contribution is 9.10. The highest BCUT2D eigenvalue weighted by Crippen LogP contribution is 2.22. The van der Waals surface area contributed by atoms with Gasteiger partial charge in [0.15, 0.2) is 0 Å². The van der Waals surface area contributed by atoms with Gasteiger partial charge < -0.3 is 20.3 Å². The van der Waals surface area contributed by atoms with E-state index in [2.05, 4.69) is 31.8 Å². The van der Waals surface area contributed by atoms with Gasteiger partial charge in [-0.2, -0.15) is 5.10 Å². The molecule has 0 aliphatic rings. The molecule has 0 aliphatic heterocycles. The number of ether oxygens (including phenoxy) is 1. The minimum absolute atomic E-state index is 0.241. The van der Waals surface area contributed by atoms with E-state index in [1.807, 2.05) is 35.2 Å². The Morgan fingerprint density at radius 2 is 1.62 bits per heavy atom. The normalized spacial score (nSPS) is 13.1.